The number of benzene rings is 2. The normalized spacial score (nSPS) is 16.5. The predicted octanol–water partition coefficient (Wildman–Crippen LogP) is 3.79. The van der Waals surface area contributed by atoms with E-state index in [1.165, 1.54) is 26.2 Å². The smallest absolute Gasteiger partial charge is 0.418 e. The van der Waals surface area contributed by atoms with Gasteiger partial charge in [0.05, 0.1) is 24.1 Å². The molecule has 1 fully saturated rings. The Hall–Kier alpha value is -4.35. The number of hydrogen-bond acceptors (Lipinski definition) is 7. The zero-order valence-corrected chi connectivity index (χ0v) is 23.8. The van der Waals surface area contributed by atoms with Gasteiger partial charge in [0.1, 0.15) is 12.2 Å². The number of aromatic nitrogens is 2. The lowest BCUT2D eigenvalue weighted by atomic mass is 10.0. The fraction of sp³-hybridized carbons (Fsp3) is 0.400. The summed E-state index contributed by atoms with van der Waals surface area (Å²) in [7, 11) is 1.24. The van der Waals surface area contributed by atoms with Crippen LogP contribution < -0.4 is 20.7 Å². The van der Waals surface area contributed by atoms with Crippen LogP contribution in [0.15, 0.2) is 41.2 Å². The molecule has 0 radical (unpaired) electrons. The highest BCUT2D eigenvalue weighted by molar-refractivity contribution is 5.80. The van der Waals surface area contributed by atoms with Crippen LogP contribution in [0.5, 0.6) is 0 Å². The van der Waals surface area contributed by atoms with E-state index >= 15 is 0 Å². The van der Waals surface area contributed by atoms with E-state index in [2.05, 4.69) is 10.4 Å². The van der Waals surface area contributed by atoms with Crippen molar-refractivity contribution in [3.8, 4) is 16.9 Å². The van der Waals surface area contributed by atoms with Gasteiger partial charge in [-0.3, -0.25) is 14.4 Å². The van der Waals surface area contributed by atoms with Crippen LogP contribution in [-0.4, -0.2) is 61.0 Å². The molecule has 12 heteroatoms. The molecule has 222 valence electrons. The van der Waals surface area contributed by atoms with Crippen molar-refractivity contribution in [2.75, 3.05) is 43.1 Å². The number of carbonyl (C=O) groups excluding carboxylic acids is 2. The zero-order valence-electron chi connectivity index (χ0n) is 23.8. The van der Waals surface area contributed by atoms with Crippen molar-refractivity contribution >= 4 is 23.3 Å². The number of nitrogens with one attached hydrogen (secondary N) is 1. The topological polar surface area (TPSA) is 96.8 Å². The third kappa shape index (κ3) is 5.70. The minimum atomic E-state index is -4.77. The lowest BCUT2D eigenvalue weighted by Crippen LogP contribution is -2.36. The van der Waals surface area contributed by atoms with Gasteiger partial charge in [-0.2, -0.15) is 23.0 Å². The number of fused-ring (bicyclic) bond motifs is 1. The van der Waals surface area contributed by atoms with Gasteiger partial charge in [0.15, 0.2) is 0 Å². The Kier molecular flexibility index (Phi) is 7.74. The number of alkyl halides is 3. The van der Waals surface area contributed by atoms with Crippen molar-refractivity contribution in [3.63, 3.8) is 0 Å². The number of hydrogen-bond donors (Lipinski definition) is 1. The van der Waals surface area contributed by atoms with Crippen LogP contribution in [0, 0.1) is 13.8 Å². The molecule has 1 aromatic heterocycles. The maximum atomic E-state index is 14.4. The molecule has 1 amide bonds. The average molecular weight is 584 g/mol. The van der Waals surface area contributed by atoms with Crippen molar-refractivity contribution in [2.45, 2.75) is 45.8 Å². The van der Waals surface area contributed by atoms with Gasteiger partial charge < -0.3 is 19.9 Å². The lowest BCUT2D eigenvalue weighted by Gasteiger charge is -2.23. The number of esters is 1. The van der Waals surface area contributed by atoms with E-state index in [1.54, 1.807) is 4.90 Å². The summed E-state index contributed by atoms with van der Waals surface area (Å²) >= 11 is 0. The molecule has 9 nitrogen and oxygen atoms in total. The van der Waals surface area contributed by atoms with Gasteiger partial charge in [0.2, 0.25) is 5.91 Å². The summed E-state index contributed by atoms with van der Waals surface area (Å²) in [5, 5.41) is 7.43. The van der Waals surface area contributed by atoms with Crippen LogP contribution in [0.25, 0.3) is 16.9 Å². The van der Waals surface area contributed by atoms with Crippen LogP contribution >= 0.6 is 0 Å². The first kappa shape index (κ1) is 29.2. The maximum absolute atomic E-state index is 14.4. The Bertz CT molecular complexity index is 1600. The summed E-state index contributed by atoms with van der Waals surface area (Å²) in [6.45, 7) is 6.26. The summed E-state index contributed by atoms with van der Waals surface area (Å²) in [5.74, 6) is -0.751. The summed E-state index contributed by atoms with van der Waals surface area (Å²) in [5.41, 5.74) is 1.93. The molecule has 0 saturated carbocycles. The standard InChI is InChI=1S/C30H32F3N5O4/c1-17-11-18(2)13-20(12-17)27-23-8-10-37(16-26(40)42-4)28(23)29(41)38(35-27)25-14-22(5-6-24(25)30(31,32)33)36-9-7-21(15-36)34-19(3)39/h5-6,11-14,21H,7-10,15-16H2,1-4H3,(H,34,39)/t21-/m1/s1. The molecular weight excluding hydrogens is 551 g/mol. The first-order valence-corrected chi connectivity index (χ1v) is 13.7. The highest BCUT2D eigenvalue weighted by Gasteiger charge is 2.37. The molecule has 2 aromatic carbocycles. The van der Waals surface area contributed by atoms with Gasteiger partial charge in [0.25, 0.3) is 5.56 Å². The third-order valence-corrected chi connectivity index (χ3v) is 7.63. The third-order valence-electron chi connectivity index (χ3n) is 7.63. The van der Waals surface area contributed by atoms with Crippen LogP contribution in [0.3, 0.4) is 0 Å². The first-order chi connectivity index (χ1) is 19.8. The van der Waals surface area contributed by atoms with Gasteiger partial charge in [-0.25, -0.2) is 0 Å². The van der Waals surface area contributed by atoms with Crippen molar-refractivity contribution in [2.24, 2.45) is 0 Å². The molecule has 0 spiro atoms. The minimum absolute atomic E-state index is 0.134. The Labute approximate surface area is 240 Å². The number of methoxy groups -OCH3 is 1. The van der Waals surface area contributed by atoms with E-state index in [9.17, 15) is 27.6 Å². The SMILES string of the molecule is COC(=O)CN1CCc2c(-c3cc(C)cc(C)c3)nn(-c3cc(N4CC[C@@H](NC(C)=O)C4)ccc3C(F)(F)F)c(=O)c21. The fourth-order valence-corrected chi connectivity index (χ4v) is 5.89. The highest BCUT2D eigenvalue weighted by Crippen LogP contribution is 2.38. The molecule has 0 aliphatic carbocycles. The molecule has 1 saturated heterocycles. The molecule has 3 aromatic rings. The second-order valence-corrected chi connectivity index (χ2v) is 10.8. The molecule has 0 bridgehead atoms. The molecule has 3 heterocycles. The second-order valence-electron chi connectivity index (χ2n) is 10.8. The van der Waals surface area contributed by atoms with Crippen molar-refractivity contribution in [1.82, 2.24) is 15.1 Å². The monoisotopic (exact) mass is 583 g/mol. The number of nitrogens with zero attached hydrogens (tertiary/aromatic N) is 4. The summed E-state index contributed by atoms with van der Waals surface area (Å²) in [4.78, 5) is 41.2. The Balaban J connectivity index is 1.72. The molecule has 5 rings (SSSR count). The van der Waals surface area contributed by atoms with Crippen LogP contribution in [-0.2, 0) is 26.9 Å². The molecule has 2 aliphatic rings. The largest absolute Gasteiger partial charge is 0.468 e. The van der Waals surface area contributed by atoms with E-state index < -0.39 is 29.0 Å². The zero-order chi connectivity index (χ0) is 30.3. The molecule has 1 N–H and O–H groups in total. The Morgan fingerprint density at radius 3 is 2.45 bits per heavy atom. The van der Waals surface area contributed by atoms with E-state index in [1.807, 2.05) is 36.9 Å². The molecule has 2 aliphatic heterocycles. The number of halogens is 3. The van der Waals surface area contributed by atoms with Crippen molar-refractivity contribution in [3.05, 3.63) is 69.0 Å². The first-order valence-electron chi connectivity index (χ1n) is 13.7. The quantitative estimate of drug-likeness (QED) is 0.441. The highest BCUT2D eigenvalue weighted by atomic mass is 19.4. The summed E-state index contributed by atoms with van der Waals surface area (Å²) < 4.78 is 48.8. The van der Waals surface area contributed by atoms with Gasteiger partial charge in [-0.1, -0.05) is 17.2 Å². The summed E-state index contributed by atoms with van der Waals surface area (Å²) in [6.07, 6.45) is -3.75. The Morgan fingerprint density at radius 1 is 1.10 bits per heavy atom. The number of rotatable bonds is 6. The van der Waals surface area contributed by atoms with Crippen LogP contribution in [0.2, 0.25) is 0 Å². The van der Waals surface area contributed by atoms with Gasteiger partial charge in [-0.05, 0) is 57.0 Å². The number of ether oxygens (including phenoxy) is 1. The fourth-order valence-electron chi connectivity index (χ4n) is 5.89. The van der Waals surface area contributed by atoms with E-state index in [0.717, 1.165) is 21.9 Å². The van der Waals surface area contributed by atoms with Gasteiger partial charge >= 0.3 is 12.1 Å². The molecule has 0 unspecified atom stereocenters. The van der Waals surface area contributed by atoms with E-state index in [0.29, 0.717) is 55.0 Å². The van der Waals surface area contributed by atoms with E-state index in [4.69, 9.17) is 4.74 Å². The molecular formula is C30H32F3N5O4. The number of amides is 1. The van der Waals surface area contributed by atoms with Crippen molar-refractivity contribution < 1.29 is 27.5 Å². The average Bonchev–Trinajstić information content (AvgIpc) is 3.55. The predicted molar refractivity (Wildman–Crippen MR) is 152 cm³/mol. The number of anilines is 2. The number of aryl methyl sites for hydroxylation is 2. The van der Waals surface area contributed by atoms with Crippen molar-refractivity contribution in [1.29, 1.82) is 0 Å². The van der Waals surface area contributed by atoms with Crippen LogP contribution in [0.1, 0.15) is 35.6 Å². The number of carbonyl (C=O) groups is 2. The van der Waals surface area contributed by atoms with Crippen LogP contribution in [0.4, 0.5) is 24.5 Å². The lowest BCUT2D eigenvalue weighted by molar-refractivity contribution is -0.139. The van der Waals surface area contributed by atoms with Gasteiger partial charge in [-0.15, -0.1) is 0 Å². The molecule has 1 atom stereocenters. The Morgan fingerprint density at radius 2 is 1.81 bits per heavy atom. The minimum Gasteiger partial charge on any atom is -0.468 e. The van der Waals surface area contributed by atoms with E-state index in [-0.39, 0.29) is 24.2 Å². The second kappa shape index (κ2) is 11.1. The maximum Gasteiger partial charge on any atom is 0.418 e. The summed E-state index contributed by atoms with van der Waals surface area (Å²) in [6, 6.07) is 9.23. The van der Waals surface area contributed by atoms with Gasteiger partial charge in [0, 0.05) is 49.4 Å². The molecule has 42 heavy (non-hydrogen) atoms.